The smallest absolute Gasteiger partial charge is 0.276 e. The van der Waals surface area contributed by atoms with Crippen molar-refractivity contribution in [3.63, 3.8) is 0 Å². The molecule has 3 aromatic rings. The first-order chi connectivity index (χ1) is 12.0. The number of hydrogen-bond acceptors (Lipinski definition) is 3. The highest BCUT2D eigenvalue weighted by Crippen LogP contribution is 2.20. The van der Waals surface area contributed by atoms with Crippen LogP contribution in [0.5, 0.6) is 0 Å². The number of aryl methyl sites for hydroxylation is 2. The highest BCUT2D eigenvalue weighted by atomic mass is 35.5. The zero-order chi connectivity index (χ0) is 18.0. The van der Waals surface area contributed by atoms with Crippen molar-refractivity contribution in [2.45, 2.75) is 26.9 Å². The Morgan fingerprint density at radius 2 is 1.96 bits per heavy atom. The Bertz CT molecular complexity index is 916. The average molecular weight is 378 g/mol. The lowest BCUT2D eigenvalue weighted by atomic mass is 10.2. The summed E-state index contributed by atoms with van der Waals surface area (Å²) in [5.41, 5.74) is 2.19. The number of carbonyl (C=O) groups is 1. The Kier molecular flexibility index (Phi) is 5.11. The van der Waals surface area contributed by atoms with E-state index in [1.165, 1.54) is 6.20 Å². The van der Waals surface area contributed by atoms with E-state index in [9.17, 15) is 4.79 Å². The Morgan fingerprint density at radius 1 is 1.20 bits per heavy atom. The molecule has 1 aromatic carbocycles. The van der Waals surface area contributed by atoms with Gasteiger partial charge in [-0.1, -0.05) is 41.4 Å². The van der Waals surface area contributed by atoms with Crippen LogP contribution in [0.1, 0.15) is 28.7 Å². The number of aromatic nitrogens is 4. The minimum absolute atomic E-state index is 0.312. The highest BCUT2D eigenvalue weighted by Gasteiger charge is 2.18. The van der Waals surface area contributed by atoms with Gasteiger partial charge in [0, 0.05) is 23.3 Å². The van der Waals surface area contributed by atoms with Crippen molar-refractivity contribution in [3.8, 4) is 0 Å². The lowest BCUT2D eigenvalue weighted by molar-refractivity contribution is 0.101. The topological polar surface area (TPSA) is 64.7 Å². The van der Waals surface area contributed by atoms with E-state index < -0.39 is 0 Å². The number of rotatable bonds is 5. The first-order valence-corrected chi connectivity index (χ1v) is 8.55. The Labute approximate surface area is 155 Å². The third-order valence-electron chi connectivity index (χ3n) is 3.81. The molecule has 0 aliphatic heterocycles. The maximum Gasteiger partial charge on any atom is 0.276 e. The minimum atomic E-state index is -0.341. The second kappa shape index (κ2) is 7.29. The van der Waals surface area contributed by atoms with E-state index in [1.54, 1.807) is 15.4 Å². The van der Waals surface area contributed by atoms with Crippen LogP contribution in [0.3, 0.4) is 0 Å². The van der Waals surface area contributed by atoms with Crippen molar-refractivity contribution in [1.82, 2.24) is 19.6 Å². The first kappa shape index (κ1) is 17.5. The van der Waals surface area contributed by atoms with Crippen LogP contribution in [-0.4, -0.2) is 25.5 Å². The summed E-state index contributed by atoms with van der Waals surface area (Å²) in [6.07, 6.45) is 1.46. The molecule has 0 radical (unpaired) electrons. The predicted molar refractivity (Wildman–Crippen MR) is 98.4 cm³/mol. The van der Waals surface area contributed by atoms with E-state index in [0.717, 1.165) is 11.3 Å². The van der Waals surface area contributed by atoms with Gasteiger partial charge in [0.1, 0.15) is 5.69 Å². The summed E-state index contributed by atoms with van der Waals surface area (Å²) in [4.78, 5) is 12.5. The van der Waals surface area contributed by atoms with E-state index in [2.05, 4.69) is 15.5 Å². The van der Waals surface area contributed by atoms with Crippen LogP contribution in [-0.2, 0) is 13.1 Å². The second-order valence-corrected chi connectivity index (χ2v) is 6.35. The summed E-state index contributed by atoms with van der Waals surface area (Å²) in [6.45, 7) is 4.88. The molecule has 0 aliphatic rings. The number of anilines is 1. The fourth-order valence-electron chi connectivity index (χ4n) is 2.52. The minimum Gasteiger partial charge on any atom is -0.304 e. The van der Waals surface area contributed by atoms with Crippen LogP contribution in [0.2, 0.25) is 10.0 Å². The number of nitrogens with zero attached hydrogens (tertiary/aromatic N) is 4. The molecule has 25 heavy (non-hydrogen) atoms. The fourth-order valence-corrected chi connectivity index (χ4v) is 2.95. The van der Waals surface area contributed by atoms with Gasteiger partial charge in [-0.3, -0.25) is 14.2 Å². The molecule has 0 saturated heterocycles. The molecule has 3 rings (SSSR count). The number of benzene rings is 1. The SMILES string of the molecule is CCn1ncc(Cl)c1C(=O)Nc1cc(C)n(Cc2ccccc2Cl)n1. The summed E-state index contributed by atoms with van der Waals surface area (Å²) in [6, 6.07) is 9.40. The molecule has 0 bridgehead atoms. The number of carbonyl (C=O) groups excluding carboxylic acids is 1. The van der Waals surface area contributed by atoms with Crippen LogP contribution >= 0.6 is 23.2 Å². The van der Waals surface area contributed by atoms with E-state index in [1.807, 2.05) is 38.1 Å². The van der Waals surface area contributed by atoms with E-state index >= 15 is 0 Å². The van der Waals surface area contributed by atoms with Crippen molar-refractivity contribution in [3.05, 3.63) is 63.5 Å². The van der Waals surface area contributed by atoms with Gasteiger partial charge < -0.3 is 5.32 Å². The van der Waals surface area contributed by atoms with Crippen molar-refractivity contribution >= 4 is 34.9 Å². The number of halogens is 2. The quantitative estimate of drug-likeness (QED) is 0.730. The monoisotopic (exact) mass is 377 g/mol. The summed E-state index contributed by atoms with van der Waals surface area (Å²) in [5.74, 6) is 0.112. The largest absolute Gasteiger partial charge is 0.304 e. The van der Waals surface area contributed by atoms with Crippen molar-refractivity contribution in [2.75, 3.05) is 5.32 Å². The first-order valence-electron chi connectivity index (χ1n) is 7.80. The second-order valence-electron chi connectivity index (χ2n) is 5.53. The van der Waals surface area contributed by atoms with Crippen molar-refractivity contribution in [2.24, 2.45) is 0 Å². The molecule has 0 aliphatic carbocycles. The van der Waals surface area contributed by atoms with Gasteiger partial charge in [0.05, 0.1) is 17.8 Å². The lowest BCUT2D eigenvalue weighted by Crippen LogP contribution is -2.18. The maximum absolute atomic E-state index is 12.5. The predicted octanol–water partition coefficient (Wildman–Crippen LogP) is 4.02. The van der Waals surface area contributed by atoms with Crippen LogP contribution in [0.15, 0.2) is 36.5 Å². The molecule has 0 saturated carbocycles. The van der Waals surface area contributed by atoms with Gasteiger partial charge in [0.25, 0.3) is 5.91 Å². The Hall–Kier alpha value is -2.31. The average Bonchev–Trinajstić information content (AvgIpc) is 3.12. The van der Waals surface area contributed by atoms with Gasteiger partial charge in [-0.05, 0) is 25.5 Å². The molecular formula is C17H17Cl2N5O. The zero-order valence-corrected chi connectivity index (χ0v) is 15.3. The van der Waals surface area contributed by atoms with Gasteiger partial charge >= 0.3 is 0 Å². The van der Waals surface area contributed by atoms with Gasteiger partial charge in [0.2, 0.25) is 0 Å². The summed E-state index contributed by atoms with van der Waals surface area (Å²) >= 11 is 12.3. The van der Waals surface area contributed by atoms with E-state index in [-0.39, 0.29) is 5.91 Å². The number of amides is 1. The molecule has 2 aromatic heterocycles. The Balaban J connectivity index is 1.80. The third-order valence-corrected chi connectivity index (χ3v) is 4.46. The maximum atomic E-state index is 12.5. The molecule has 1 amide bonds. The highest BCUT2D eigenvalue weighted by molar-refractivity contribution is 6.34. The van der Waals surface area contributed by atoms with Crippen LogP contribution < -0.4 is 5.32 Å². The van der Waals surface area contributed by atoms with Crippen molar-refractivity contribution in [1.29, 1.82) is 0 Å². The fraction of sp³-hybridized carbons (Fsp3) is 0.235. The molecule has 0 atom stereocenters. The van der Waals surface area contributed by atoms with Crippen LogP contribution in [0.25, 0.3) is 0 Å². The zero-order valence-electron chi connectivity index (χ0n) is 13.8. The molecule has 6 nitrogen and oxygen atoms in total. The van der Waals surface area contributed by atoms with Crippen LogP contribution in [0.4, 0.5) is 5.82 Å². The van der Waals surface area contributed by atoms with Gasteiger partial charge in [-0.2, -0.15) is 10.2 Å². The van der Waals surface area contributed by atoms with Gasteiger partial charge in [-0.15, -0.1) is 0 Å². The summed E-state index contributed by atoms with van der Waals surface area (Å²) < 4.78 is 3.33. The molecule has 1 N–H and O–H groups in total. The van der Waals surface area contributed by atoms with E-state index in [4.69, 9.17) is 23.2 Å². The molecule has 0 unspecified atom stereocenters. The number of nitrogens with one attached hydrogen (secondary N) is 1. The number of hydrogen-bond donors (Lipinski definition) is 1. The molecule has 8 heteroatoms. The normalized spacial score (nSPS) is 10.9. The molecule has 130 valence electrons. The van der Waals surface area contributed by atoms with Crippen molar-refractivity contribution < 1.29 is 4.79 Å². The lowest BCUT2D eigenvalue weighted by Gasteiger charge is -2.07. The van der Waals surface area contributed by atoms with Gasteiger partial charge in [0.15, 0.2) is 5.82 Å². The van der Waals surface area contributed by atoms with Gasteiger partial charge in [-0.25, -0.2) is 0 Å². The molecule has 0 fully saturated rings. The summed E-state index contributed by atoms with van der Waals surface area (Å²) in [5, 5.41) is 12.3. The Morgan fingerprint density at radius 3 is 2.68 bits per heavy atom. The van der Waals surface area contributed by atoms with E-state index in [0.29, 0.717) is 34.6 Å². The molecule has 2 heterocycles. The standard InChI is InChI=1S/C17H17Cl2N5O/c1-3-23-16(14(19)9-20-23)17(25)21-15-8-11(2)24(22-15)10-12-6-4-5-7-13(12)18/h4-9H,3,10H2,1-2H3,(H,21,22,25). The van der Waals surface area contributed by atoms with Crippen LogP contribution in [0, 0.1) is 6.92 Å². The summed E-state index contributed by atoms with van der Waals surface area (Å²) in [7, 11) is 0. The molecule has 0 spiro atoms. The molecular weight excluding hydrogens is 361 g/mol. The third kappa shape index (κ3) is 3.70.